The molecule has 0 unspecified atom stereocenters. The predicted octanol–water partition coefficient (Wildman–Crippen LogP) is 3.02. The fourth-order valence-electron chi connectivity index (χ4n) is 2.57. The molecule has 0 aromatic heterocycles. The summed E-state index contributed by atoms with van der Waals surface area (Å²) in [5.74, 6) is 0.705. The molecule has 2 N–H and O–H groups in total. The summed E-state index contributed by atoms with van der Waals surface area (Å²) >= 11 is 6.03. The van der Waals surface area contributed by atoms with Crippen LogP contribution in [0.25, 0.3) is 0 Å². The Morgan fingerprint density at radius 1 is 1.29 bits per heavy atom. The number of benzene rings is 2. The SMILES string of the molecule is COc1ccc(CN2C(=O)Cc3ccc(Cl)cc32)cc1N. The van der Waals surface area contributed by atoms with Gasteiger partial charge in [-0.15, -0.1) is 0 Å². The maximum absolute atomic E-state index is 12.2. The van der Waals surface area contributed by atoms with E-state index in [0.29, 0.717) is 29.4 Å². The Labute approximate surface area is 128 Å². The van der Waals surface area contributed by atoms with E-state index in [1.807, 2.05) is 36.4 Å². The van der Waals surface area contributed by atoms with Crippen molar-refractivity contribution in [2.75, 3.05) is 17.7 Å². The van der Waals surface area contributed by atoms with Crippen LogP contribution in [-0.4, -0.2) is 13.0 Å². The second kappa shape index (κ2) is 5.30. The van der Waals surface area contributed by atoms with Gasteiger partial charge in [-0.3, -0.25) is 4.79 Å². The van der Waals surface area contributed by atoms with Gasteiger partial charge in [-0.05, 0) is 35.4 Å². The number of amides is 1. The fourth-order valence-corrected chi connectivity index (χ4v) is 2.73. The number of anilines is 2. The molecule has 5 heteroatoms. The van der Waals surface area contributed by atoms with Crippen molar-refractivity contribution in [3.8, 4) is 5.75 Å². The normalized spacial score (nSPS) is 13.4. The van der Waals surface area contributed by atoms with Crippen molar-refractivity contribution < 1.29 is 9.53 Å². The van der Waals surface area contributed by atoms with Gasteiger partial charge < -0.3 is 15.4 Å². The summed E-state index contributed by atoms with van der Waals surface area (Å²) < 4.78 is 5.14. The number of rotatable bonds is 3. The summed E-state index contributed by atoms with van der Waals surface area (Å²) in [6.07, 6.45) is 0.415. The lowest BCUT2D eigenvalue weighted by molar-refractivity contribution is -0.117. The van der Waals surface area contributed by atoms with Gasteiger partial charge in [-0.1, -0.05) is 23.7 Å². The zero-order valence-corrected chi connectivity index (χ0v) is 12.4. The maximum atomic E-state index is 12.2. The van der Waals surface area contributed by atoms with Crippen LogP contribution in [-0.2, 0) is 17.8 Å². The first kappa shape index (κ1) is 13.8. The van der Waals surface area contributed by atoms with E-state index in [9.17, 15) is 4.79 Å². The monoisotopic (exact) mass is 302 g/mol. The lowest BCUT2D eigenvalue weighted by Gasteiger charge is -2.18. The minimum absolute atomic E-state index is 0.0710. The second-order valence-electron chi connectivity index (χ2n) is 5.01. The van der Waals surface area contributed by atoms with E-state index in [2.05, 4.69) is 0 Å². The third kappa shape index (κ3) is 2.54. The van der Waals surface area contributed by atoms with Crippen LogP contribution < -0.4 is 15.4 Å². The fraction of sp³-hybridized carbons (Fsp3) is 0.188. The van der Waals surface area contributed by atoms with Gasteiger partial charge in [0.25, 0.3) is 0 Å². The molecule has 0 saturated heterocycles. The highest BCUT2D eigenvalue weighted by Gasteiger charge is 2.27. The van der Waals surface area contributed by atoms with Crippen LogP contribution in [0.2, 0.25) is 5.02 Å². The number of nitrogens with two attached hydrogens (primary N) is 1. The molecule has 3 rings (SSSR count). The Balaban J connectivity index is 1.90. The van der Waals surface area contributed by atoms with Gasteiger partial charge in [0.1, 0.15) is 5.75 Å². The Kier molecular flexibility index (Phi) is 3.47. The van der Waals surface area contributed by atoms with Crippen molar-refractivity contribution in [2.24, 2.45) is 0 Å². The van der Waals surface area contributed by atoms with Gasteiger partial charge in [-0.25, -0.2) is 0 Å². The largest absolute Gasteiger partial charge is 0.495 e. The quantitative estimate of drug-likeness (QED) is 0.887. The molecule has 1 heterocycles. The number of nitrogen functional groups attached to an aromatic ring is 1. The van der Waals surface area contributed by atoms with E-state index in [0.717, 1.165) is 16.8 Å². The highest BCUT2D eigenvalue weighted by molar-refractivity contribution is 6.31. The van der Waals surface area contributed by atoms with E-state index in [1.165, 1.54) is 0 Å². The molecule has 4 nitrogen and oxygen atoms in total. The van der Waals surface area contributed by atoms with Gasteiger partial charge in [-0.2, -0.15) is 0 Å². The molecule has 0 atom stereocenters. The molecule has 0 bridgehead atoms. The number of methoxy groups -OCH3 is 1. The first-order valence-corrected chi connectivity index (χ1v) is 6.97. The number of halogens is 1. The van der Waals surface area contributed by atoms with Crippen molar-refractivity contribution in [1.82, 2.24) is 0 Å². The Morgan fingerprint density at radius 3 is 2.81 bits per heavy atom. The number of carbonyl (C=O) groups excluding carboxylic acids is 1. The van der Waals surface area contributed by atoms with E-state index >= 15 is 0 Å². The van der Waals surface area contributed by atoms with Crippen LogP contribution in [0.1, 0.15) is 11.1 Å². The van der Waals surface area contributed by atoms with E-state index < -0.39 is 0 Å². The molecule has 0 radical (unpaired) electrons. The highest BCUT2D eigenvalue weighted by Crippen LogP contribution is 2.33. The maximum Gasteiger partial charge on any atom is 0.231 e. The van der Waals surface area contributed by atoms with Crippen LogP contribution in [0.4, 0.5) is 11.4 Å². The summed E-state index contributed by atoms with van der Waals surface area (Å²) in [5, 5.41) is 0.627. The summed E-state index contributed by atoms with van der Waals surface area (Å²) in [4.78, 5) is 13.9. The van der Waals surface area contributed by atoms with Crippen molar-refractivity contribution >= 4 is 28.9 Å². The molecule has 2 aromatic carbocycles. The molecule has 1 aliphatic heterocycles. The summed E-state index contributed by atoms with van der Waals surface area (Å²) in [7, 11) is 1.58. The number of hydrogen-bond donors (Lipinski definition) is 1. The second-order valence-corrected chi connectivity index (χ2v) is 5.44. The molecule has 0 fully saturated rings. The molecule has 0 spiro atoms. The Hall–Kier alpha value is -2.20. The zero-order chi connectivity index (χ0) is 15.0. The van der Waals surface area contributed by atoms with E-state index in [4.69, 9.17) is 22.1 Å². The first-order chi connectivity index (χ1) is 10.1. The smallest absolute Gasteiger partial charge is 0.231 e. The average Bonchev–Trinajstić information content (AvgIpc) is 2.75. The van der Waals surface area contributed by atoms with Gasteiger partial charge >= 0.3 is 0 Å². The molecule has 21 heavy (non-hydrogen) atoms. The van der Waals surface area contributed by atoms with Crippen LogP contribution in [0.15, 0.2) is 36.4 Å². The molecule has 1 aliphatic rings. The molecule has 0 saturated carbocycles. The van der Waals surface area contributed by atoms with Crippen molar-refractivity contribution in [2.45, 2.75) is 13.0 Å². The first-order valence-electron chi connectivity index (χ1n) is 6.59. The lowest BCUT2D eigenvalue weighted by Crippen LogP contribution is -2.26. The van der Waals surface area contributed by atoms with Crippen molar-refractivity contribution in [1.29, 1.82) is 0 Å². The molecule has 108 valence electrons. The number of hydrogen-bond acceptors (Lipinski definition) is 3. The molecule has 2 aromatic rings. The Morgan fingerprint density at radius 2 is 2.10 bits per heavy atom. The molecular weight excluding hydrogens is 288 g/mol. The lowest BCUT2D eigenvalue weighted by atomic mass is 10.1. The standard InChI is InChI=1S/C16H15ClN2O2/c1-21-15-5-2-10(6-13(15)18)9-19-14-8-12(17)4-3-11(14)7-16(19)20/h2-6,8H,7,9,18H2,1H3. The van der Waals surface area contributed by atoms with E-state index in [1.54, 1.807) is 12.0 Å². The topological polar surface area (TPSA) is 55.6 Å². The zero-order valence-electron chi connectivity index (χ0n) is 11.6. The number of nitrogens with zero attached hydrogens (tertiary/aromatic N) is 1. The van der Waals surface area contributed by atoms with Crippen LogP contribution in [0, 0.1) is 0 Å². The third-order valence-electron chi connectivity index (χ3n) is 3.62. The predicted molar refractivity (Wildman–Crippen MR) is 83.8 cm³/mol. The van der Waals surface area contributed by atoms with Gasteiger partial charge in [0.15, 0.2) is 0 Å². The molecular formula is C16H15ClN2O2. The van der Waals surface area contributed by atoms with Crippen LogP contribution in [0.3, 0.4) is 0 Å². The number of carbonyl (C=O) groups is 1. The minimum Gasteiger partial charge on any atom is -0.495 e. The Bertz CT molecular complexity index is 715. The summed E-state index contributed by atoms with van der Waals surface area (Å²) in [5.41, 5.74) is 9.31. The van der Waals surface area contributed by atoms with Gasteiger partial charge in [0, 0.05) is 10.7 Å². The molecule has 1 amide bonds. The van der Waals surface area contributed by atoms with Crippen molar-refractivity contribution in [3.63, 3.8) is 0 Å². The van der Waals surface area contributed by atoms with E-state index in [-0.39, 0.29) is 5.91 Å². The number of ether oxygens (including phenoxy) is 1. The molecule has 0 aliphatic carbocycles. The van der Waals surface area contributed by atoms with Crippen LogP contribution >= 0.6 is 11.6 Å². The third-order valence-corrected chi connectivity index (χ3v) is 3.85. The average molecular weight is 303 g/mol. The highest BCUT2D eigenvalue weighted by atomic mass is 35.5. The minimum atomic E-state index is 0.0710. The van der Waals surface area contributed by atoms with Gasteiger partial charge in [0.05, 0.1) is 25.8 Å². The number of fused-ring (bicyclic) bond motifs is 1. The van der Waals surface area contributed by atoms with Crippen LogP contribution in [0.5, 0.6) is 5.75 Å². The van der Waals surface area contributed by atoms with Crippen molar-refractivity contribution in [3.05, 3.63) is 52.5 Å². The van der Waals surface area contributed by atoms with Gasteiger partial charge in [0.2, 0.25) is 5.91 Å². The summed E-state index contributed by atoms with van der Waals surface area (Å²) in [6, 6.07) is 11.1. The summed E-state index contributed by atoms with van der Waals surface area (Å²) in [6.45, 7) is 0.473.